The molecule has 0 aromatic carbocycles. The zero-order chi connectivity index (χ0) is 15.2. The van der Waals surface area contributed by atoms with Crippen LogP contribution in [0.15, 0.2) is 0 Å². The van der Waals surface area contributed by atoms with Gasteiger partial charge in [0, 0.05) is 19.6 Å². The summed E-state index contributed by atoms with van der Waals surface area (Å²) >= 11 is 3.14. The summed E-state index contributed by atoms with van der Waals surface area (Å²) in [6, 6.07) is 0. The number of anilines is 2. The van der Waals surface area contributed by atoms with Crippen molar-refractivity contribution in [1.29, 1.82) is 0 Å². The van der Waals surface area contributed by atoms with Crippen LogP contribution in [0.5, 0.6) is 0 Å². The van der Waals surface area contributed by atoms with Gasteiger partial charge in [-0.05, 0) is 17.9 Å². The number of hydrogen-bond donors (Lipinski definition) is 2. The van der Waals surface area contributed by atoms with Crippen LogP contribution in [0.4, 0.5) is 10.9 Å². The minimum atomic E-state index is -0.127. The molecule has 6 nitrogen and oxygen atoms in total. The molecule has 1 saturated heterocycles. The van der Waals surface area contributed by atoms with Crippen molar-refractivity contribution in [2.45, 2.75) is 6.92 Å². The Morgan fingerprint density at radius 2 is 2.29 bits per heavy atom. The zero-order valence-corrected chi connectivity index (χ0v) is 14.1. The lowest BCUT2D eigenvalue weighted by atomic mass is 10.2. The fourth-order valence-corrected chi connectivity index (χ4v) is 3.70. The van der Waals surface area contributed by atoms with Gasteiger partial charge in [-0.3, -0.25) is 4.79 Å². The van der Waals surface area contributed by atoms with Gasteiger partial charge in [0.05, 0.1) is 13.2 Å². The van der Waals surface area contributed by atoms with Gasteiger partial charge in [0.2, 0.25) is 0 Å². The highest BCUT2D eigenvalue weighted by atomic mass is 32.2. The maximum atomic E-state index is 12.2. The lowest BCUT2D eigenvalue weighted by Crippen LogP contribution is -2.36. The van der Waals surface area contributed by atoms with Gasteiger partial charge in [-0.25, -0.2) is 4.98 Å². The number of hydrogen-bond acceptors (Lipinski definition) is 7. The summed E-state index contributed by atoms with van der Waals surface area (Å²) < 4.78 is 5.32. The third-order valence-corrected chi connectivity index (χ3v) is 5.23. The first-order valence-corrected chi connectivity index (χ1v) is 9.19. The van der Waals surface area contributed by atoms with Gasteiger partial charge in [-0.15, -0.1) is 0 Å². The third-order valence-electron chi connectivity index (χ3n) is 3.19. The molecule has 1 amide bonds. The van der Waals surface area contributed by atoms with E-state index >= 15 is 0 Å². The topological polar surface area (TPSA) is 80.5 Å². The second-order valence-corrected chi connectivity index (χ2v) is 6.97. The normalized spacial score (nSPS) is 16.8. The predicted octanol–water partition coefficient (Wildman–Crippen LogP) is 1.29. The Balaban J connectivity index is 1.96. The van der Waals surface area contributed by atoms with Crippen LogP contribution in [0.3, 0.4) is 0 Å². The zero-order valence-electron chi connectivity index (χ0n) is 12.4. The largest absolute Gasteiger partial charge is 0.382 e. The molecule has 0 aliphatic carbocycles. The average Bonchev–Trinajstić information content (AvgIpc) is 2.88. The number of carbonyl (C=O) groups excluding carboxylic acids is 1. The lowest BCUT2D eigenvalue weighted by Gasteiger charge is -2.25. The van der Waals surface area contributed by atoms with Crippen molar-refractivity contribution in [3.05, 3.63) is 4.88 Å². The molecule has 8 heteroatoms. The summed E-state index contributed by atoms with van der Waals surface area (Å²) in [5, 5.41) is 3.74. The van der Waals surface area contributed by atoms with Crippen molar-refractivity contribution in [2.75, 3.05) is 55.5 Å². The highest BCUT2D eigenvalue weighted by Gasteiger charge is 2.21. The van der Waals surface area contributed by atoms with Crippen molar-refractivity contribution in [3.8, 4) is 0 Å². The van der Waals surface area contributed by atoms with Crippen molar-refractivity contribution in [2.24, 2.45) is 5.92 Å². The van der Waals surface area contributed by atoms with Crippen LogP contribution in [0.1, 0.15) is 16.6 Å². The number of ether oxygens (including phenoxy) is 1. The Morgan fingerprint density at radius 1 is 1.57 bits per heavy atom. The molecule has 118 valence electrons. The van der Waals surface area contributed by atoms with E-state index in [4.69, 9.17) is 10.5 Å². The molecule has 21 heavy (non-hydrogen) atoms. The fraction of sp³-hybridized carbons (Fsp3) is 0.692. The maximum Gasteiger partial charge on any atom is 0.265 e. The van der Waals surface area contributed by atoms with Crippen LogP contribution < -0.4 is 16.0 Å². The molecule has 2 heterocycles. The third kappa shape index (κ3) is 4.49. The number of thiazole rings is 1. The second-order valence-electron chi connectivity index (χ2n) is 5.08. The van der Waals surface area contributed by atoms with Crippen LogP contribution in [0, 0.1) is 5.92 Å². The number of carbonyl (C=O) groups is 1. The summed E-state index contributed by atoms with van der Waals surface area (Å²) in [6.45, 7) is 5.73. The van der Waals surface area contributed by atoms with E-state index in [2.05, 4.69) is 28.4 Å². The number of nitrogens with two attached hydrogens (primary N) is 1. The van der Waals surface area contributed by atoms with E-state index in [9.17, 15) is 4.79 Å². The molecular weight excluding hydrogens is 308 g/mol. The maximum absolute atomic E-state index is 12.2. The Hall–Kier alpha value is -0.990. The average molecular weight is 330 g/mol. The molecule has 0 saturated carbocycles. The molecule has 1 unspecified atom stereocenters. The molecule has 2 rings (SSSR count). The van der Waals surface area contributed by atoms with Crippen molar-refractivity contribution < 1.29 is 9.53 Å². The molecule has 3 N–H and O–H groups in total. The number of nitrogen functional groups attached to an aromatic ring is 1. The summed E-state index contributed by atoms with van der Waals surface area (Å²) in [5.41, 5.74) is 5.89. The first-order chi connectivity index (χ1) is 10.1. The molecule has 0 radical (unpaired) electrons. The van der Waals surface area contributed by atoms with E-state index in [0.717, 1.165) is 24.0 Å². The van der Waals surface area contributed by atoms with E-state index in [0.29, 0.717) is 36.4 Å². The standard InChI is InChI=1S/C13H22N4O2S2/c1-9(8-20-2)7-15-12(18)10-11(14)16-13(21-10)17-3-5-19-6-4-17/h9H,3-8,14H2,1-2H3,(H,15,18). The molecule has 0 bridgehead atoms. The van der Waals surface area contributed by atoms with E-state index < -0.39 is 0 Å². The Morgan fingerprint density at radius 3 is 2.95 bits per heavy atom. The molecule has 0 spiro atoms. The highest BCUT2D eigenvalue weighted by molar-refractivity contribution is 7.98. The molecule has 1 aliphatic rings. The van der Waals surface area contributed by atoms with Crippen LogP contribution in [-0.4, -0.2) is 55.7 Å². The summed E-state index contributed by atoms with van der Waals surface area (Å²) in [5.74, 6) is 1.66. The number of rotatable bonds is 6. The van der Waals surface area contributed by atoms with Crippen molar-refractivity contribution in [3.63, 3.8) is 0 Å². The number of morpholine rings is 1. The number of amides is 1. The molecule has 1 aromatic heterocycles. The predicted molar refractivity (Wildman–Crippen MR) is 89.4 cm³/mol. The number of nitrogens with zero attached hydrogens (tertiary/aromatic N) is 2. The molecule has 1 aliphatic heterocycles. The molecule has 1 aromatic rings. The van der Waals surface area contributed by atoms with E-state index in [1.807, 2.05) is 0 Å². The minimum Gasteiger partial charge on any atom is -0.382 e. The molecular formula is C13H22N4O2S2. The van der Waals surface area contributed by atoms with Crippen LogP contribution in [0.2, 0.25) is 0 Å². The minimum absolute atomic E-state index is 0.127. The quantitative estimate of drug-likeness (QED) is 0.818. The van der Waals surface area contributed by atoms with Crippen LogP contribution >= 0.6 is 23.1 Å². The van der Waals surface area contributed by atoms with Gasteiger partial charge in [0.25, 0.3) is 5.91 Å². The summed E-state index contributed by atoms with van der Waals surface area (Å²) in [6.07, 6.45) is 2.06. The van der Waals surface area contributed by atoms with E-state index in [1.54, 1.807) is 11.8 Å². The second kappa shape index (κ2) is 7.86. The van der Waals surface area contributed by atoms with Crippen LogP contribution in [0.25, 0.3) is 0 Å². The van der Waals surface area contributed by atoms with Gasteiger partial charge in [0.15, 0.2) is 5.13 Å². The SMILES string of the molecule is CSCC(C)CNC(=O)c1sc(N2CCOCC2)nc1N. The van der Waals surface area contributed by atoms with Crippen molar-refractivity contribution >= 4 is 40.0 Å². The van der Waals surface area contributed by atoms with Gasteiger partial charge in [0.1, 0.15) is 10.7 Å². The smallest absolute Gasteiger partial charge is 0.265 e. The first-order valence-electron chi connectivity index (χ1n) is 6.98. The Bertz CT molecular complexity index is 475. The monoisotopic (exact) mass is 330 g/mol. The number of aromatic nitrogens is 1. The summed E-state index contributed by atoms with van der Waals surface area (Å²) in [4.78, 5) is 19.1. The first kappa shape index (κ1) is 16.4. The Labute approximate surface area is 133 Å². The molecule has 1 atom stereocenters. The Kier molecular flexibility index (Phi) is 6.13. The molecule has 1 fully saturated rings. The van der Waals surface area contributed by atoms with Gasteiger partial charge < -0.3 is 20.7 Å². The lowest BCUT2D eigenvalue weighted by molar-refractivity contribution is 0.0954. The highest BCUT2D eigenvalue weighted by Crippen LogP contribution is 2.28. The van der Waals surface area contributed by atoms with Gasteiger partial charge >= 0.3 is 0 Å². The van der Waals surface area contributed by atoms with Crippen molar-refractivity contribution in [1.82, 2.24) is 10.3 Å². The number of thioether (sulfide) groups is 1. The van der Waals surface area contributed by atoms with Crippen LogP contribution in [-0.2, 0) is 4.74 Å². The summed E-state index contributed by atoms with van der Waals surface area (Å²) in [7, 11) is 0. The van der Waals surface area contributed by atoms with Gasteiger partial charge in [-0.1, -0.05) is 18.3 Å². The van der Waals surface area contributed by atoms with E-state index in [-0.39, 0.29) is 5.91 Å². The number of nitrogens with one attached hydrogen (secondary N) is 1. The van der Waals surface area contributed by atoms with E-state index in [1.165, 1.54) is 11.3 Å². The fourth-order valence-electron chi connectivity index (χ4n) is 2.06. The van der Waals surface area contributed by atoms with Gasteiger partial charge in [-0.2, -0.15) is 11.8 Å².